The van der Waals surface area contributed by atoms with Crippen molar-refractivity contribution < 1.29 is 0 Å². The van der Waals surface area contributed by atoms with Crippen molar-refractivity contribution in [1.82, 2.24) is 0 Å². The maximum absolute atomic E-state index is 5.33. The molecule has 2 aliphatic carbocycles. The van der Waals surface area contributed by atoms with Gasteiger partial charge in [-0.3, -0.25) is 0 Å². The fraction of sp³-hybridized carbons (Fsp3) is 0.0385. The van der Waals surface area contributed by atoms with Crippen LogP contribution in [0, 0.1) is 6.92 Å². The first-order valence-electron chi connectivity index (χ1n) is 18.6. The smallest absolute Gasteiger partial charge is 0.0781 e. The van der Waals surface area contributed by atoms with E-state index in [4.69, 9.17) is 9.98 Å². The molecule has 2 nitrogen and oxygen atoms in total. The molecule has 0 aromatic heterocycles. The van der Waals surface area contributed by atoms with Gasteiger partial charge in [0.1, 0.15) is 0 Å². The number of nitrogens with zero attached hydrogens (tertiary/aromatic N) is 2. The third-order valence-corrected chi connectivity index (χ3v) is 11.0. The molecule has 0 amide bonds. The Balaban J connectivity index is 1.25. The van der Waals surface area contributed by atoms with Gasteiger partial charge in [0.2, 0.25) is 0 Å². The van der Waals surface area contributed by atoms with E-state index >= 15 is 0 Å². The lowest BCUT2D eigenvalue weighted by molar-refractivity contribution is 0.793. The summed E-state index contributed by atoms with van der Waals surface area (Å²) in [6.07, 6.45) is 0. The van der Waals surface area contributed by atoms with Crippen LogP contribution in [0.5, 0.6) is 0 Å². The van der Waals surface area contributed by atoms with Crippen molar-refractivity contribution in [2.24, 2.45) is 9.98 Å². The van der Waals surface area contributed by atoms with Crippen molar-refractivity contribution in [1.29, 1.82) is 0 Å². The first-order chi connectivity index (χ1) is 26.7. The monoisotopic (exact) mass is 688 g/mol. The summed E-state index contributed by atoms with van der Waals surface area (Å²) >= 11 is 0. The van der Waals surface area contributed by atoms with Gasteiger partial charge in [-0.1, -0.05) is 169 Å². The molecular weight excluding hydrogens is 653 g/mol. The van der Waals surface area contributed by atoms with E-state index in [1.54, 1.807) is 0 Å². The third-order valence-electron chi connectivity index (χ3n) is 11.0. The van der Waals surface area contributed by atoms with Gasteiger partial charge >= 0.3 is 0 Å². The molecule has 2 aliphatic rings. The molecule has 0 fully saturated rings. The second-order valence-electron chi connectivity index (χ2n) is 14.2. The predicted octanol–water partition coefficient (Wildman–Crippen LogP) is 12.7. The van der Waals surface area contributed by atoms with Crippen LogP contribution < -0.4 is 0 Å². The van der Waals surface area contributed by atoms with Crippen molar-refractivity contribution in [3.8, 4) is 22.3 Å². The van der Waals surface area contributed by atoms with E-state index in [-0.39, 0.29) is 0 Å². The van der Waals surface area contributed by atoms with Crippen molar-refractivity contribution in [3.63, 3.8) is 0 Å². The molecule has 0 saturated heterocycles. The molecule has 10 rings (SSSR count). The van der Waals surface area contributed by atoms with Crippen molar-refractivity contribution in [3.05, 3.63) is 250 Å². The number of para-hydroxylation sites is 1. The van der Waals surface area contributed by atoms with Crippen LogP contribution in [0.3, 0.4) is 0 Å². The van der Waals surface area contributed by atoms with Gasteiger partial charge < -0.3 is 0 Å². The quantitative estimate of drug-likeness (QED) is 0.155. The summed E-state index contributed by atoms with van der Waals surface area (Å²) < 4.78 is 0. The summed E-state index contributed by atoms with van der Waals surface area (Å²) in [6.45, 7) is 2.11. The third kappa shape index (κ3) is 5.10. The van der Waals surface area contributed by atoms with E-state index < -0.39 is 5.41 Å². The fourth-order valence-corrected chi connectivity index (χ4v) is 8.60. The van der Waals surface area contributed by atoms with Crippen LogP contribution in [-0.2, 0) is 5.41 Å². The van der Waals surface area contributed by atoms with Gasteiger partial charge in [-0.15, -0.1) is 0 Å². The number of hydrogen-bond acceptors (Lipinski definition) is 2. The van der Waals surface area contributed by atoms with Crippen molar-refractivity contribution in [2.75, 3.05) is 0 Å². The van der Waals surface area contributed by atoms with E-state index in [0.717, 1.165) is 45.1 Å². The number of hydrogen-bond donors (Lipinski definition) is 0. The standard InChI is InChI=1S/C52H36N2/c1-35-25-29-41(30-26-35)54-51(37-17-7-3-8-18-37)39-28-32-45-43-22-12-14-24-47(43)52(49(45)34-39)46-23-13-11-21-42(46)44-31-27-38(33-48(44)52)50(36-15-5-2-6-16-36)53-40-19-9-4-10-20-40/h2-34H,1H3. The number of aryl methyl sites for hydroxylation is 1. The zero-order chi connectivity index (χ0) is 36.1. The van der Waals surface area contributed by atoms with Crippen LogP contribution in [0.15, 0.2) is 210 Å². The normalized spacial score (nSPS) is 15.4. The maximum Gasteiger partial charge on any atom is 0.0781 e. The Morgan fingerprint density at radius 2 is 0.722 bits per heavy atom. The molecule has 0 aliphatic heterocycles. The van der Waals surface area contributed by atoms with Gasteiger partial charge in [0, 0.05) is 22.3 Å². The highest BCUT2D eigenvalue weighted by Crippen LogP contribution is 2.63. The minimum Gasteiger partial charge on any atom is -0.248 e. The number of fused-ring (bicyclic) bond motifs is 10. The Labute approximate surface area is 316 Å². The molecule has 254 valence electrons. The Morgan fingerprint density at radius 3 is 1.20 bits per heavy atom. The lowest BCUT2D eigenvalue weighted by atomic mass is 9.70. The molecule has 0 heterocycles. The molecule has 0 N–H and O–H groups in total. The molecule has 0 saturated carbocycles. The number of rotatable bonds is 6. The zero-order valence-corrected chi connectivity index (χ0v) is 29.9. The minimum atomic E-state index is -0.538. The minimum absolute atomic E-state index is 0.538. The van der Waals surface area contributed by atoms with Crippen LogP contribution in [0.1, 0.15) is 50.1 Å². The van der Waals surface area contributed by atoms with Crippen LogP contribution in [0.25, 0.3) is 22.3 Å². The van der Waals surface area contributed by atoms with E-state index in [1.165, 1.54) is 50.1 Å². The summed E-state index contributed by atoms with van der Waals surface area (Å²) in [5.41, 5.74) is 19.0. The molecule has 0 radical (unpaired) electrons. The van der Waals surface area contributed by atoms with Crippen LogP contribution in [-0.4, -0.2) is 11.4 Å². The maximum atomic E-state index is 5.33. The largest absolute Gasteiger partial charge is 0.248 e. The van der Waals surface area contributed by atoms with Crippen molar-refractivity contribution >= 4 is 22.8 Å². The van der Waals surface area contributed by atoms with Gasteiger partial charge in [-0.05, 0) is 87.8 Å². The lowest BCUT2D eigenvalue weighted by Crippen LogP contribution is -2.26. The van der Waals surface area contributed by atoms with Crippen LogP contribution >= 0.6 is 0 Å². The highest BCUT2D eigenvalue weighted by atomic mass is 14.8. The first-order valence-corrected chi connectivity index (χ1v) is 18.6. The molecule has 2 heteroatoms. The lowest BCUT2D eigenvalue weighted by Gasteiger charge is -2.31. The zero-order valence-electron chi connectivity index (χ0n) is 29.9. The molecule has 8 aromatic carbocycles. The van der Waals surface area contributed by atoms with Gasteiger partial charge in [-0.2, -0.15) is 0 Å². The van der Waals surface area contributed by atoms with Gasteiger partial charge in [-0.25, -0.2) is 9.98 Å². The second kappa shape index (κ2) is 12.9. The molecule has 1 spiro atoms. The fourth-order valence-electron chi connectivity index (χ4n) is 8.60. The summed E-state index contributed by atoms with van der Waals surface area (Å²) in [4.78, 5) is 10.6. The Hall–Kier alpha value is -6.90. The summed E-state index contributed by atoms with van der Waals surface area (Å²) in [6, 6.07) is 71.8. The number of aliphatic imine (C=N–C) groups is 2. The van der Waals surface area contributed by atoms with Gasteiger partial charge in [0.05, 0.1) is 28.2 Å². The molecule has 54 heavy (non-hydrogen) atoms. The van der Waals surface area contributed by atoms with Crippen LogP contribution in [0.4, 0.5) is 11.4 Å². The predicted molar refractivity (Wildman–Crippen MR) is 224 cm³/mol. The molecule has 1 atom stereocenters. The Bertz CT molecular complexity index is 2730. The molecule has 0 bridgehead atoms. The van der Waals surface area contributed by atoms with E-state index in [9.17, 15) is 0 Å². The molecule has 1 unspecified atom stereocenters. The molecular formula is C52H36N2. The van der Waals surface area contributed by atoms with Gasteiger partial charge in [0.25, 0.3) is 0 Å². The van der Waals surface area contributed by atoms with E-state index in [1.807, 2.05) is 18.2 Å². The van der Waals surface area contributed by atoms with Gasteiger partial charge in [0.15, 0.2) is 0 Å². The second-order valence-corrected chi connectivity index (χ2v) is 14.2. The topological polar surface area (TPSA) is 24.7 Å². The molecule has 8 aromatic rings. The average molecular weight is 689 g/mol. The van der Waals surface area contributed by atoms with Crippen molar-refractivity contribution in [2.45, 2.75) is 12.3 Å². The summed E-state index contributed by atoms with van der Waals surface area (Å²) in [7, 11) is 0. The summed E-state index contributed by atoms with van der Waals surface area (Å²) in [5, 5.41) is 0. The average Bonchev–Trinajstić information content (AvgIpc) is 3.70. The SMILES string of the molecule is Cc1ccc(N=C(c2ccccc2)c2ccc3c(c2)C2(c4ccccc4-c4ccc(C(=Nc5ccccc5)c5ccccc5)cc42)c2ccccc2-3)cc1. The number of benzene rings is 8. The Morgan fingerprint density at radius 1 is 0.333 bits per heavy atom. The first kappa shape index (κ1) is 31.8. The van der Waals surface area contributed by atoms with Crippen LogP contribution in [0.2, 0.25) is 0 Å². The van der Waals surface area contributed by atoms with E-state index in [2.05, 4.69) is 189 Å². The highest BCUT2D eigenvalue weighted by Gasteiger charge is 2.51. The van der Waals surface area contributed by atoms with E-state index in [0.29, 0.717) is 0 Å². The Kier molecular flexibility index (Phi) is 7.63. The highest BCUT2D eigenvalue weighted by molar-refractivity contribution is 6.16. The summed E-state index contributed by atoms with van der Waals surface area (Å²) in [5.74, 6) is 0.